The van der Waals surface area contributed by atoms with Crippen LogP contribution in [0.25, 0.3) is 0 Å². The molecule has 3 amide bonds. The molecule has 1 aromatic carbocycles. The molecule has 0 radical (unpaired) electrons. The van der Waals surface area contributed by atoms with E-state index in [9.17, 15) is 14.4 Å². The smallest absolute Gasteiger partial charge is 0.245 e. The first-order valence-electron chi connectivity index (χ1n) is 11.1. The van der Waals surface area contributed by atoms with Crippen LogP contribution in [0.4, 0.5) is 0 Å². The van der Waals surface area contributed by atoms with Crippen molar-refractivity contribution in [2.24, 2.45) is 5.73 Å². The zero-order valence-electron chi connectivity index (χ0n) is 19.5. The van der Waals surface area contributed by atoms with Gasteiger partial charge in [0.2, 0.25) is 17.7 Å². The normalized spacial score (nSPS) is 17.5. The van der Waals surface area contributed by atoms with Crippen molar-refractivity contribution in [1.29, 1.82) is 0 Å². The Hall–Kier alpha value is -2.12. The van der Waals surface area contributed by atoms with Crippen molar-refractivity contribution in [3.63, 3.8) is 0 Å². The van der Waals surface area contributed by atoms with Gasteiger partial charge in [-0.15, -0.1) is 0 Å². The molecule has 176 valence electrons. The van der Waals surface area contributed by atoms with Gasteiger partial charge in [0.05, 0.1) is 6.54 Å². The molecule has 7 nitrogen and oxygen atoms in total. The minimum Gasteiger partial charge on any atom is -0.350 e. The highest BCUT2D eigenvalue weighted by atomic mass is 35.5. The number of nitrogens with one attached hydrogen (secondary N) is 2. The average Bonchev–Trinajstić information content (AvgIpc) is 2.73. The summed E-state index contributed by atoms with van der Waals surface area (Å²) in [6.45, 7) is 10.5. The van der Waals surface area contributed by atoms with E-state index in [4.69, 9.17) is 17.3 Å². The molecular formula is C23H39ClN4O3. The van der Waals surface area contributed by atoms with Gasteiger partial charge >= 0.3 is 0 Å². The second kappa shape index (κ2) is 16.6. The van der Waals surface area contributed by atoms with Gasteiger partial charge in [-0.25, -0.2) is 0 Å². The minimum atomic E-state index is -0.540. The number of benzene rings is 1. The lowest BCUT2D eigenvalue weighted by molar-refractivity contribution is -0.144. The molecule has 4 N–H and O–H groups in total. The van der Waals surface area contributed by atoms with Crippen molar-refractivity contribution in [2.75, 3.05) is 13.1 Å². The number of carbonyl (C=O) groups is 3. The molecule has 1 saturated heterocycles. The van der Waals surface area contributed by atoms with Gasteiger partial charge < -0.3 is 21.3 Å². The highest BCUT2D eigenvalue weighted by Gasteiger charge is 2.36. The van der Waals surface area contributed by atoms with Gasteiger partial charge in [-0.1, -0.05) is 57.8 Å². The molecule has 1 unspecified atom stereocenters. The predicted molar refractivity (Wildman–Crippen MR) is 127 cm³/mol. The number of hydrogen-bond donors (Lipinski definition) is 3. The molecule has 1 aliphatic heterocycles. The molecule has 0 saturated carbocycles. The van der Waals surface area contributed by atoms with Crippen molar-refractivity contribution in [3.05, 3.63) is 34.9 Å². The molecule has 2 atom stereocenters. The molecule has 8 heteroatoms. The third-order valence-corrected chi connectivity index (χ3v) is 4.74. The fourth-order valence-corrected chi connectivity index (χ4v) is 3.51. The van der Waals surface area contributed by atoms with Crippen molar-refractivity contribution in [1.82, 2.24) is 15.5 Å². The Kier molecular flexibility index (Phi) is 15.4. The van der Waals surface area contributed by atoms with Crippen LogP contribution in [0.2, 0.25) is 5.02 Å². The van der Waals surface area contributed by atoms with Gasteiger partial charge in [0.25, 0.3) is 0 Å². The van der Waals surface area contributed by atoms with E-state index in [1.807, 2.05) is 32.9 Å². The third kappa shape index (κ3) is 11.2. The van der Waals surface area contributed by atoms with Gasteiger partial charge in [-0.3, -0.25) is 14.4 Å². The molecule has 0 spiro atoms. The Labute approximate surface area is 192 Å². The van der Waals surface area contributed by atoms with Crippen LogP contribution in [0, 0.1) is 0 Å². The highest BCUT2D eigenvalue weighted by molar-refractivity contribution is 6.30. The molecule has 1 aromatic rings. The summed E-state index contributed by atoms with van der Waals surface area (Å²) in [5, 5.41) is 6.13. The van der Waals surface area contributed by atoms with Crippen LogP contribution >= 0.6 is 11.6 Å². The predicted octanol–water partition coefficient (Wildman–Crippen LogP) is 3.24. The highest BCUT2D eigenvalue weighted by Crippen LogP contribution is 2.22. The fourth-order valence-electron chi connectivity index (χ4n) is 3.30. The Morgan fingerprint density at radius 3 is 2.42 bits per heavy atom. The van der Waals surface area contributed by atoms with Crippen LogP contribution < -0.4 is 16.4 Å². The molecule has 0 aliphatic carbocycles. The van der Waals surface area contributed by atoms with Crippen LogP contribution in [-0.4, -0.2) is 47.8 Å². The van der Waals surface area contributed by atoms with E-state index in [0.29, 0.717) is 18.0 Å². The maximum absolute atomic E-state index is 12.7. The topological polar surface area (TPSA) is 105 Å². The van der Waals surface area contributed by atoms with Gasteiger partial charge in [-0.05, 0) is 43.5 Å². The molecule has 2 rings (SSSR count). The van der Waals surface area contributed by atoms with E-state index >= 15 is 0 Å². The lowest BCUT2D eigenvalue weighted by Crippen LogP contribution is -2.57. The van der Waals surface area contributed by atoms with Gasteiger partial charge in [-0.2, -0.15) is 0 Å². The summed E-state index contributed by atoms with van der Waals surface area (Å²) < 4.78 is 0. The Morgan fingerprint density at radius 2 is 1.87 bits per heavy atom. The standard InChI is InChI=1S/C19H26ClN3O3.C2H7N.C2H6/c1-3-5-16-8-9-17(22-13(2)24)19(26)23(16)12-18(25)21-11-14-6-4-7-15(20)10-14;1-2-3;1-2/h4,6-7,10,16-17H,3,5,8-9,11-12H2,1-2H3,(H,21,25)(H,22,24);2-3H2,1H3;1-2H3/t16?,17-;;/m0../s1. The monoisotopic (exact) mass is 454 g/mol. The SMILES string of the molecule is CC.CCCC1CC[C@H](NC(C)=O)C(=O)N1CC(=O)NCc1cccc(Cl)c1.CCN. The molecule has 1 heterocycles. The second-order valence-electron chi connectivity index (χ2n) is 7.05. The molecule has 31 heavy (non-hydrogen) atoms. The molecule has 1 aliphatic rings. The lowest BCUT2D eigenvalue weighted by atomic mass is 9.94. The zero-order valence-corrected chi connectivity index (χ0v) is 20.3. The minimum absolute atomic E-state index is 0.000149. The fraction of sp³-hybridized carbons (Fsp3) is 0.609. The van der Waals surface area contributed by atoms with Crippen molar-refractivity contribution >= 4 is 29.3 Å². The summed E-state index contributed by atoms with van der Waals surface area (Å²) in [7, 11) is 0. The lowest BCUT2D eigenvalue weighted by Gasteiger charge is -2.39. The van der Waals surface area contributed by atoms with Crippen molar-refractivity contribution < 1.29 is 14.4 Å². The van der Waals surface area contributed by atoms with Gasteiger partial charge in [0.15, 0.2) is 0 Å². The summed E-state index contributed by atoms with van der Waals surface area (Å²) in [6, 6.07) is 6.77. The quantitative estimate of drug-likeness (QED) is 0.588. The van der Waals surface area contributed by atoms with Crippen LogP contribution in [0.3, 0.4) is 0 Å². The Morgan fingerprint density at radius 1 is 1.23 bits per heavy atom. The molecule has 0 bridgehead atoms. The first-order valence-corrected chi connectivity index (χ1v) is 11.5. The Bertz CT molecular complexity index is 685. The van der Waals surface area contributed by atoms with Gasteiger partial charge in [0, 0.05) is 24.5 Å². The van der Waals surface area contributed by atoms with Crippen LogP contribution in [0.15, 0.2) is 24.3 Å². The van der Waals surface area contributed by atoms with E-state index in [-0.39, 0.29) is 30.3 Å². The number of halogens is 1. The van der Waals surface area contributed by atoms with E-state index < -0.39 is 6.04 Å². The Balaban J connectivity index is 0.00000165. The first-order chi connectivity index (χ1) is 14.8. The maximum atomic E-state index is 12.7. The first kappa shape index (κ1) is 28.9. The van der Waals surface area contributed by atoms with E-state index in [1.54, 1.807) is 17.0 Å². The number of carbonyl (C=O) groups excluding carboxylic acids is 3. The summed E-state index contributed by atoms with van der Waals surface area (Å²) in [4.78, 5) is 38.0. The largest absolute Gasteiger partial charge is 0.350 e. The zero-order chi connectivity index (χ0) is 23.8. The van der Waals surface area contributed by atoms with Crippen LogP contribution in [0.5, 0.6) is 0 Å². The molecular weight excluding hydrogens is 416 g/mol. The number of amides is 3. The number of likely N-dealkylation sites (tertiary alicyclic amines) is 1. The van der Waals surface area contributed by atoms with E-state index in [0.717, 1.165) is 31.4 Å². The summed E-state index contributed by atoms with van der Waals surface area (Å²) in [5.41, 5.74) is 5.75. The number of nitrogens with two attached hydrogens (primary N) is 1. The molecule has 1 fully saturated rings. The average molecular weight is 455 g/mol. The van der Waals surface area contributed by atoms with Crippen LogP contribution in [-0.2, 0) is 20.9 Å². The summed E-state index contributed by atoms with van der Waals surface area (Å²) >= 11 is 5.95. The van der Waals surface area contributed by atoms with Crippen molar-refractivity contribution in [2.45, 2.75) is 78.9 Å². The summed E-state index contributed by atoms with van der Waals surface area (Å²) in [6.07, 6.45) is 3.18. The van der Waals surface area contributed by atoms with Gasteiger partial charge in [0.1, 0.15) is 6.04 Å². The number of hydrogen-bond acceptors (Lipinski definition) is 4. The second-order valence-corrected chi connectivity index (χ2v) is 7.49. The van der Waals surface area contributed by atoms with E-state index in [2.05, 4.69) is 17.6 Å². The van der Waals surface area contributed by atoms with E-state index in [1.165, 1.54) is 6.92 Å². The maximum Gasteiger partial charge on any atom is 0.245 e. The number of piperidine rings is 1. The van der Waals surface area contributed by atoms with Crippen LogP contribution in [0.1, 0.15) is 65.9 Å². The summed E-state index contributed by atoms with van der Waals surface area (Å²) in [5.74, 6) is -0.631. The number of rotatable bonds is 7. The van der Waals surface area contributed by atoms with Crippen molar-refractivity contribution in [3.8, 4) is 0 Å². The molecule has 0 aromatic heterocycles. The third-order valence-electron chi connectivity index (χ3n) is 4.50. The number of nitrogens with zero attached hydrogens (tertiary/aromatic N) is 1.